The van der Waals surface area contributed by atoms with Crippen LogP contribution in [0.15, 0.2) is 12.7 Å². The fraction of sp³-hybridized carbons (Fsp3) is 0.818. The van der Waals surface area contributed by atoms with E-state index in [1.807, 2.05) is 0 Å². The van der Waals surface area contributed by atoms with Crippen LogP contribution in [0.25, 0.3) is 0 Å². The fourth-order valence-corrected chi connectivity index (χ4v) is 1.43. The van der Waals surface area contributed by atoms with Crippen molar-refractivity contribution in [3.05, 3.63) is 12.7 Å². The van der Waals surface area contributed by atoms with E-state index in [2.05, 4.69) is 47.3 Å². The maximum absolute atomic E-state index is 3.85. The van der Waals surface area contributed by atoms with Crippen molar-refractivity contribution in [1.29, 1.82) is 0 Å². The second-order valence-electron chi connectivity index (χ2n) is 4.89. The van der Waals surface area contributed by atoms with Gasteiger partial charge in [0.1, 0.15) is 0 Å². The molecule has 0 spiro atoms. The number of rotatable bonds is 4. The second kappa shape index (κ2) is 3.42. The summed E-state index contributed by atoms with van der Waals surface area (Å²) in [6.45, 7) is 15.2. The van der Waals surface area contributed by atoms with Crippen molar-refractivity contribution >= 4 is 0 Å². The smallest absolute Gasteiger partial charge is 0.0172 e. The van der Waals surface area contributed by atoms with Crippen LogP contribution >= 0.6 is 0 Å². The molecule has 0 atom stereocenters. The Labute approximate surface area is 71.7 Å². The first kappa shape index (κ1) is 10.7. The monoisotopic (exact) mass is 154 g/mol. The van der Waals surface area contributed by atoms with Crippen LogP contribution in [0.1, 0.15) is 47.5 Å². The van der Waals surface area contributed by atoms with E-state index in [1.54, 1.807) is 0 Å². The van der Waals surface area contributed by atoms with E-state index in [0.29, 0.717) is 10.8 Å². The van der Waals surface area contributed by atoms with E-state index in [1.165, 1.54) is 12.8 Å². The quantitative estimate of drug-likeness (QED) is 0.536. The van der Waals surface area contributed by atoms with Gasteiger partial charge in [-0.05, 0) is 17.3 Å². The van der Waals surface area contributed by atoms with Crippen LogP contribution in [-0.4, -0.2) is 0 Å². The van der Waals surface area contributed by atoms with Gasteiger partial charge in [-0.25, -0.2) is 0 Å². The molecule has 11 heavy (non-hydrogen) atoms. The molecule has 0 saturated heterocycles. The van der Waals surface area contributed by atoms with Gasteiger partial charge in [0.25, 0.3) is 0 Å². The van der Waals surface area contributed by atoms with Gasteiger partial charge in [-0.2, -0.15) is 0 Å². The summed E-state index contributed by atoms with van der Waals surface area (Å²) in [4.78, 5) is 0. The summed E-state index contributed by atoms with van der Waals surface area (Å²) in [7, 11) is 0. The van der Waals surface area contributed by atoms with Crippen LogP contribution in [0.4, 0.5) is 0 Å². The molecular weight excluding hydrogens is 132 g/mol. The summed E-state index contributed by atoms with van der Waals surface area (Å²) < 4.78 is 0. The molecular formula is C11H22. The van der Waals surface area contributed by atoms with Crippen LogP contribution in [-0.2, 0) is 0 Å². The minimum Gasteiger partial charge on any atom is -0.103 e. The highest BCUT2D eigenvalue weighted by atomic mass is 14.3. The number of hydrogen-bond acceptors (Lipinski definition) is 0. The van der Waals surface area contributed by atoms with Gasteiger partial charge in [-0.15, -0.1) is 6.58 Å². The zero-order chi connectivity index (χ0) is 9.12. The topological polar surface area (TPSA) is 0 Å². The zero-order valence-corrected chi connectivity index (χ0v) is 8.70. The van der Waals surface area contributed by atoms with E-state index in [0.717, 1.165) is 0 Å². The molecule has 0 heterocycles. The first-order chi connectivity index (χ1) is 4.83. The Morgan fingerprint density at radius 2 is 1.64 bits per heavy atom. The van der Waals surface area contributed by atoms with E-state index in [9.17, 15) is 0 Å². The highest BCUT2D eigenvalue weighted by Crippen LogP contribution is 2.36. The van der Waals surface area contributed by atoms with Gasteiger partial charge in [0.15, 0.2) is 0 Å². The molecule has 0 aromatic rings. The SMILES string of the molecule is C=CC(C)(C)CC(C)(C)CC. The second-order valence-corrected chi connectivity index (χ2v) is 4.89. The van der Waals surface area contributed by atoms with Crippen molar-refractivity contribution in [1.82, 2.24) is 0 Å². The van der Waals surface area contributed by atoms with Gasteiger partial charge in [0.2, 0.25) is 0 Å². The lowest BCUT2D eigenvalue weighted by Crippen LogP contribution is -2.20. The van der Waals surface area contributed by atoms with Crippen molar-refractivity contribution in [3.8, 4) is 0 Å². The summed E-state index contributed by atoms with van der Waals surface area (Å²) in [5.74, 6) is 0. The fourth-order valence-electron chi connectivity index (χ4n) is 1.43. The molecule has 0 nitrogen and oxygen atoms in total. The minimum atomic E-state index is 0.291. The first-order valence-corrected chi connectivity index (χ1v) is 4.46. The normalized spacial score (nSPS) is 13.2. The molecule has 0 radical (unpaired) electrons. The molecule has 0 fully saturated rings. The molecule has 0 aromatic carbocycles. The van der Waals surface area contributed by atoms with Gasteiger partial charge in [-0.1, -0.05) is 47.1 Å². The molecule has 0 aliphatic carbocycles. The molecule has 0 aliphatic heterocycles. The molecule has 0 amide bonds. The van der Waals surface area contributed by atoms with Crippen LogP contribution in [0.2, 0.25) is 0 Å². The van der Waals surface area contributed by atoms with E-state index in [-0.39, 0.29) is 0 Å². The lowest BCUT2D eigenvalue weighted by atomic mass is 9.74. The molecule has 0 unspecified atom stereocenters. The van der Waals surface area contributed by atoms with Gasteiger partial charge in [-0.3, -0.25) is 0 Å². The van der Waals surface area contributed by atoms with Gasteiger partial charge in [0.05, 0.1) is 0 Å². The molecule has 0 rings (SSSR count). The summed E-state index contributed by atoms with van der Waals surface area (Å²) >= 11 is 0. The van der Waals surface area contributed by atoms with E-state index in [4.69, 9.17) is 0 Å². The predicted octanol–water partition coefficient (Wildman–Crippen LogP) is 4.02. The summed E-state index contributed by atoms with van der Waals surface area (Å²) in [6.07, 6.45) is 4.52. The van der Waals surface area contributed by atoms with Gasteiger partial charge < -0.3 is 0 Å². The van der Waals surface area contributed by atoms with Crippen molar-refractivity contribution in [3.63, 3.8) is 0 Å². The molecule has 0 heteroatoms. The van der Waals surface area contributed by atoms with E-state index >= 15 is 0 Å². The molecule has 0 saturated carbocycles. The molecule has 0 aromatic heterocycles. The third-order valence-corrected chi connectivity index (χ3v) is 2.44. The van der Waals surface area contributed by atoms with Gasteiger partial charge >= 0.3 is 0 Å². The molecule has 0 bridgehead atoms. The molecule has 0 aliphatic rings. The van der Waals surface area contributed by atoms with E-state index < -0.39 is 0 Å². The Hall–Kier alpha value is -0.260. The Kier molecular flexibility index (Phi) is 3.34. The average Bonchev–Trinajstić information content (AvgIpc) is 1.86. The molecule has 66 valence electrons. The van der Waals surface area contributed by atoms with Crippen molar-refractivity contribution in [2.45, 2.75) is 47.5 Å². The lowest BCUT2D eigenvalue weighted by molar-refractivity contribution is 0.230. The Morgan fingerprint density at radius 3 is 1.91 bits per heavy atom. The molecule has 0 N–H and O–H groups in total. The maximum Gasteiger partial charge on any atom is -0.0172 e. The highest BCUT2D eigenvalue weighted by molar-refractivity contribution is 4.91. The third kappa shape index (κ3) is 4.23. The number of hydrogen-bond donors (Lipinski definition) is 0. The van der Waals surface area contributed by atoms with Gasteiger partial charge in [0, 0.05) is 0 Å². The Bertz CT molecular complexity index is 129. The first-order valence-electron chi connectivity index (χ1n) is 4.46. The number of allylic oxidation sites excluding steroid dienone is 1. The summed E-state index contributed by atoms with van der Waals surface area (Å²) in [5, 5.41) is 0. The zero-order valence-electron chi connectivity index (χ0n) is 8.70. The average molecular weight is 154 g/mol. The summed E-state index contributed by atoms with van der Waals surface area (Å²) in [6, 6.07) is 0. The van der Waals surface area contributed by atoms with Crippen LogP contribution in [0.3, 0.4) is 0 Å². The largest absolute Gasteiger partial charge is 0.103 e. The Morgan fingerprint density at radius 1 is 1.18 bits per heavy atom. The van der Waals surface area contributed by atoms with Crippen molar-refractivity contribution in [2.75, 3.05) is 0 Å². The van der Waals surface area contributed by atoms with Crippen LogP contribution < -0.4 is 0 Å². The standard InChI is InChI=1S/C11H22/c1-7-10(3,4)9-11(5,6)8-2/h7H,1,8-9H2,2-6H3. The van der Waals surface area contributed by atoms with Crippen molar-refractivity contribution < 1.29 is 0 Å². The minimum absolute atomic E-state index is 0.291. The lowest BCUT2D eigenvalue weighted by Gasteiger charge is -2.31. The van der Waals surface area contributed by atoms with Crippen LogP contribution in [0, 0.1) is 10.8 Å². The third-order valence-electron chi connectivity index (χ3n) is 2.44. The van der Waals surface area contributed by atoms with Crippen LogP contribution in [0.5, 0.6) is 0 Å². The summed E-state index contributed by atoms with van der Waals surface area (Å²) in [5.41, 5.74) is 0.747. The highest BCUT2D eigenvalue weighted by Gasteiger charge is 2.24. The maximum atomic E-state index is 3.85. The Balaban J connectivity index is 4.12. The van der Waals surface area contributed by atoms with Crippen molar-refractivity contribution in [2.24, 2.45) is 10.8 Å². The predicted molar refractivity (Wildman–Crippen MR) is 52.7 cm³/mol.